The van der Waals surface area contributed by atoms with Gasteiger partial charge in [0.05, 0.1) is 18.8 Å². The lowest BCUT2D eigenvalue weighted by Crippen LogP contribution is -2.36. The standard InChI is InChI=1S/C22H31N5OS/c28-21(26-14-8-3-9-15-26)18-29-22-24-23-20(17-25-12-6-2-7-13-25)27(22)16-19-10-4-1-5-11-19/h1,4-5,10-11H,2-3,6-9,12-18H2. The number of nitrogens with zero attached hydrogens (tertiary/aromatic N) is 5. The predicted octanol–water partition coefficient (Wildman–Crippen LogP) is 3.42. The summed E-state index contributed by atoms with van der Waals surface area (Å²) < 4.78 is 2.21. The van der Waals surface area contributed by atoms with Crippen LogP contribution < -0.4 is 0 Å². The fraction of sp³-hybridized carbons (Fsp3) is 0.591. The second-order valence-corrected chi connectivity index (χ2v) is 8.98. The van der Waals surface area contributed by atoms with Crippen LogP contribution in [0.2, 0.25) is 0 Å². The first-order valence-corrected chi connectivity index (χ1v) is 11.9. The van der Waals surface area contributed by atoms with Crippen LogP contribution >= 0.6 is 11.8 Å². The Labute approximate surface area is 177 Å². The van der Waals surface area contributed by atoms with Crippen molar-refractivity contribution in [3.63, 3.8) is 0 Å². The highest BCUT2D eigenvalue weighted by molar-refractivity contribution is 7.99. The van der Waals surface area contributed by atoms with Gasteiger partial charge in [0, 0.05) is 13.1 Å². The molecule has 6 nitrogen and oxygen atoms in total. The summed E-state index contributed by atoms with van der Waals surface area (Å²) in [6.45, 7) is 5.65. The first kappa shape index (κ1) is 20.4. The van der Waals surface area contributed by atoms with E-state index in [-0.39, 0.29) is 5.91 Å². The van der Waals surface area contributed by atoms with Gasteiger partial charge in [0.15, 0.2) is 5.16 Å². The number of carbonyl (C=O) groups is 1. The quantitative estimate of drug-likeness (QED) is 0.651. The van der Waals surface area contributed by atoms with Gasteiger partial charge in [0.25, 0.3) is 0 Å². The zero-order valence-electron chi connectivity index (χ0n) is 17.1. The molecule has 0 saturated carbocycles. The van der Waals surface area contributed by atoms with Gasteiger partial charge in [0.1, 0.15) is 5.82 Å². The summed E-state index contributed by atoms with van der Waals surface area (Å²) >= 11 is 1.53. The molecule has 1 amide bonds. The molecule has 2 aliphatic heterocycles. The minimum atomic E-state index is 0.224. The maximum Gasteiger partial charge on any atom is 0.233 e. The van der Waals surface area contributed by atoms with E-state index in [0.29, 0.717) is 5.75 Å². The molecule has 7 heteroatoms. The number of hydrogen-bond donors (Lipinski definition) is 0. The number of thioether (sulfide) groups is 1. The molecule has 29 heavy (non-hydrogen) atoms. The van der Waals surface area contributed by atoms with Crippen LogP contribution in [0.15, 0.2) is 35.5 Å². The van der Waals surface area contributed by atoms with Gasteiger partial charge >= 0.3 is 0 Å². The Morgan fingerprint density at radius 1 is 0.862 bits per heavy atom. The van der Waals surface area contributed by atoms with Gasteiger partial charge in [-0.15, -0.1) is 10.2 Å². The SMILES string of the molecule is O=C(CSc1nnc(CN2CCCCC2)n1Cc1ccccc1)N1CCCCC1. The van der Waals surface area contributed by atoms with Gasteiger partial charge in [-0.2, -0.15) is 0 Å². The lowest BCUT2D eigenvalue weighted by atomic mass is 10.1. The van der Waals surface area contributed by atoms with E-state index in [1.807, 2.05) is 11.0 Å². The summed E-state index contributed by atoms with van der Waals surface area (Å²) in [6, 6.07) is 10.4. The molecule has 156 valence electrons. The van der Waals surface area contributed by atoms with Crippen molar-refractivity contribution in [1.29, 1.82) is 0 Å². The van der Waals surface area contributed by atoms with Crippen LogP contribution in [0.1, 0.15) is 49.9 Å². The summed E-state index contributed by atoms with van der Waals surface area (Å²) in [6.07, 6.45) is 7.34. The molecule has 4 rings (SSSR count). The van der Waals surface area contributed by atoms with E-state index < -0.39 is 0 Å². The third-order valence-electron chi connectivity index (χ3n) is 5.82. The second-order valence-electron chi connectivity index (χ2n) is 8.04. The van der Waals surface area contributed by atoms with E-state index >= 15 is 0 Å². The van der Waals surface area contributed by atoms with Crippen molar-refractivity contribution in [1.82, 2.24) is 24.6 Å². The average Bonchev–Trinajstić information content (AvgIpc) is 3.15. The predicted molar refractivity (Wildman–Crippen MR) is 116 cm³/mol. The van der Waals surface area contributed by atoms with E-state index in [0.717, 1.165) is 63.1 Å². The van der Waals surface area contributed by atoms with Crippen molar-refractivity contribution in [3.05, 3.63) is 41.7 Å². The number of aromatic nitrogens is 3. The van der Waals surface area contributed by atoms with Crippen molar-refractivity contribution in [2.45, 2.75) is 56.8 Å². The van der Waals surface area contributed by atoms with Crippen LogP contribution in [0, 0.1) is 0 Å². The topological polar surface area (TPSA) is 54.3 Å². The van der Waals surface area contributed by atoms with Crippen LogP contribution in [-0.2, 0) is 17.9 Å². The molecule has 2 saturated heterocycles. The third-order valence-corrected chi connectivity index (χ3v) is 6.78. The summed E-state index contributed by atoms with van der Waals surface area (Å²) in [5, 5.41) is 9.85. The first-order valence-electron chi connectivity index (χ1n) is 10.9. The molecule has 2 aromatic rings. The van der Waals surface area contributed by atoms with Crippen LogP contribution in [0.4, 0.5) is 0 Å². The average molecular weight is 414 g/mol. The zero-order valence-corrected chi connectivity index (χ0v) is 17.9. The van der Waals surface area contributed by atoms with Gasteiger partial charge in [0.2, 0.25) is 5.91 Å². The fourth-order valence-corrected chi connectivity index (χ4v) is 5.01. The van der Waals surface area contributed by atoms with Gasteiger partial charge in [-0.05, 0) is 50.8 Å². The molecule has 0 atom stereocenters. The zero-order chi connectivity index (χ0) is 19.9. The van der Waals surface area contributed by atoms with Crippen LogP contribution in [0.5, 0.6) is 0 Å². The molecule has 1 aromatic heterocycles. The number of benzene rings is 1. The highest BCUT2D eigenvalue weighted by Crippen LogP contribution is 2.22. The van der Waals surface area contributed by atoms with Crippen molar-refractivity contribution >= 4 is 17.7 Å². The second kappa shape index (κ2) is 10.3. The van der Waals surface area contributed by atoms with Gasteiger partial charge in [-0.1, -0.05) is 48.5 Å². The number of piperidine rings is 2. The summed E-state index contributed by atoms with van der Waals surface area (Å²) in [5.74, 6) is 1.67. The number of hydrogen-bond acceptors (Lipinski definition) is 5. The summed E-state index contributed by atoms with van der Waals surface area (Å²) in [5.41, 5.74) is 1.23. The molecule has 1 aromatic carbocycles. The Kier molecular flexibility index (Phi) is 7.22. The largest absolute Gasteiger partial charge is 0.342 e. The Balaban J connectivity index is 1.46. The van der Waals surface area contributed by atoms with Crippen LogP contribution in [-0.4, -0.2) is 62.4 Å². The minimum Gasteiger partial charge on any atom is -0.342 e. The van der Waals surface area contributed by atoms with E-state index in [1.165, 1.54) is 43.0 Å². The Morgan fingerprint density at radius 2 is 1.55 bits per heavy atom. The molecule has 0 bridgehead atoms. The van der Waals surface area contributed by atoms with Gasteiger partial charge < -0.3 is 9.47 Å². The molecule has 0 radical (unpaired) electrons. The smallest absolute Gasteiger partial charge is 0.233 e. The van der Waals surface area contributed by atoms with E-state index in [4.69, 9.17) is 0 Å². The van der Waals surface area contributed by atoms with E-state index in [2.05, 4.69) is 43.9 Å². The molecule has 2 aliphatic rings. The molecule has 0 aliphatic carbocycles. The molecule has 0 N–H and O–H groups in total. The fourth-order valence-electron chi connectivity index (χ4n) is 4.15. The lowest BCUT2D eigenvalue weighted by Gasteiger charge is -2.26. The minimum absolute atomic E-state index is 0.224. The molecule has 2 fully saturated rings. The maximum atomic E-state index is 12.6. The number of amides is 1. The maximum absolute atomic E-state index is 12.6. The normalized spacial score (nSPS) is 18.1. The number of likely N-dealkylation sites (tertiary alicyclic amines) is 2. The summed E-state index contributed by atoms with van der Waals surface area (Å²) in [7, 11) is 0. The van der Waals surface area contributed by atoms with Crippen molar-refractivity contribution < 1.29 is 4.79 Å². The Hall–Kier alpha value is -1.86. The number of rotatable bonds is 7. The van der Waals surface area contributed by atoms with Gasteiger partial charge in [-0.25, -0.2) is 0 Å². The molecule has 0 spiro atoms. The lowest BCUT2D eigenvalue weighted by molar-refractivity contribution is -0.129. The highest BCUT2D eigenvalue weighted by Gasteiger charge is 2.21. The van der Waals surface area contributed by atoms with Crippen LogP contribution in [0.25, 0.3) is 0 Å². The van der Waals surface area contributed by atoms with Crippen molar-refractivity contribution in [3.8, 4) is 0 Å². The molecular formula is C22H31N5OS. The Morgan fingerprint density at radius 3 is 2.28 bits per heavy atom. The van der Waals surface area contributed by atoms with Crippen molar-refractivity contribution in [2.75, 3.05) is 31.9 Å². The molecule has 0 unspecified atom stereocenters. The molecule has 3 heterocycles. The van der Waals surface area contributed by atoms with E-state index in [1.54, 1.807) is 0 Å². The number of carbonyl (C=O) groups excluding carboxylic acids is 1. The monoisotopic (exact) mass is 413 g/mol. The Bertz CT molecular complexity index is 782. The van der Waals surface area contributed by atoms with Gasteiger partial charge in [-0.3, -0.25) is 9.69 Å². The first-order chi connectivity index (χ1) is 14.3. The molecular weight excluding hydrogens is 382 g/mol. The highest BCUT2D eigenvalue weighted by atomic mass is 32.2. The van der Waals surface area contributed by atoms with Crippen molar-refractivity contribution in [2.24, 2.45) is 0 Å². The van der Waals surface area contributed by atoms with Crippen LogP contribution in [0.3, 0.4) is 0 Å². The third kappa shape index (κ3) is 5.60. The van der Waals surface area contributed by atoms with E-state index in [9.17, 15) is 4.79 Å². The summed E-state index contributed by atoms with van der Waals surface area (Å²) in [4.78, 5) is 17.1.